The molecule has 216 valence electrons. The molecule has 1 aliphatic rings. The molecule has 3 heterocycles. The Labute approximate surface area is 238 Å². The zero-order chi connectivity index (χ0) is 30.0. The number of benzene rings is 2. The molecule has 5 rings (SSSR count). The number of nitro groups is 2. The number of piperidine rings is 1. The first-order valence-corrected chi connectivity index (χ1v) is 13.3. The number of para-hydroxylation sites is 2. The van der Waals surface area contributed by atoms with Crippen LogP contribution in [0.1, 0.15) is 30.9 Å². The van der Waals surface area contributed by atoms with Crippen LogP contribution in [0.15, 0.2) is 58.1 Å². The molecule has 2 aromatic heterocycles. The van der Waals surface area contributed by atoms with E-state index >= 15 is 0 Å². The number of hydrogen-bond acceptors (Lipinski definition) is 9. The third-order valence-corrected chi connectivity index (χ3v) is 7.28. The van der Waals surface area contributed by atoms with Gasteiger partial charge in [-0.25, -0.2) is 4.79 Å². The van der Waals surface area contributed by atoms with Crippen LogP contribution >= 0.6 is 0 Å². The maximum Gasteiger partial charge on any atom is 0.333 e. The van der Waals surface area contributed by atoms with E-state index in [4.69, 9.17) is 10.7 Å². The Morgan fingerprint density at radius 1 is 0.952 bits per heavy atom. The van der Waals surface area contributed by atoms with E-state index in [9.17, 15) is 29.8 Å². The maximum absolute atomic E-state index is 14.1. The van der Waals surface area contributed by atoms with Crippen LogP contribution in [0.5, 0.6) is 0 Å². The predicted octanol–water partition coefficient (Wildman–Crippen LogP) is 2.22. The highest BCUT2D eigenvalue weighted by Crippen LogP contribution is 2.25. The van der Waals surface area contributed by atoms with Crippen molar-refractivity contribution in [2.75, 3.05) is 18.0 Å². The molecule has 0 radical (unpaired) electrons. The van der Waals surface area contributed by atoms with Gasteiger partial charge in [0.15, 0.2) is 11.2 Å². The zero-order valence-corrected chi connectivity index (χ0v) is 22.8. The molecule has 2 aromatic carbocycles. The van der Waals surface area contributed by atoms with Gasteiger partial charge in [0.2, 0.25) is 5.95 Å². The SMILES string of the molecule is CC#CCn1c(N2CCC[C@@H](N)C2)nc2c1c(=O)n(Cc1ccccc1[N+](=O)[O-])c(=O)n2Cc1ccccc1[N+](=O)[O-]. The number of hydrogen-bond donors (Lipinski definition) is 1. The fourth-order valence-electron chi connectivity index (χ4n) is 5.29. The zero-order valence-electron chi connectivity index (χ0n) is 22.8. The van der Waals surface area contributed by atoms with Crippen molar-refractivity contribution in [3.8, 4) is 11.8 Å². The molecule has 1 fully saturated rings. The molecule has 14 heteroatoms. The maximum atomic E-state index is 14.1. The summed E-state index contributed by atoms with van der Waals surface area (Å²) in [5, 5.41) is 23.5. The van der Waals surface area contributed by atoms with Gasteiger partial charge in [0, 0.05) is 42.4 Å². The molecule has 2 N–H and O–H groups in total. The second kappa shape index (κ2) is 11.7. The Hall–Kier alpha value is -5.29. The van der Waals surface area contributed by atoms with E-state index in [-0.39, 0.29) is 52.8 Å². The molecule has 0 amide bonds. The smallest absolute Gasteiger partial charge is 0.333 e. The van der Waals surface area contributed by atoms with E-state index in [0.29, 0.717) is 19.0 Å². The Morgan fingerprint density at radius 2 is 1.55 bits per heavy atom. The Balaban J connectivity index is 1.81. The summed E-state index contributed by atoms with van der Waals surface area (Å²) in [6, 6.07) is 11.7. The fourth-order valence-corrected chi connectivity index (χ4v) is 5.29. The summed E-state index contributed by atoms with van der Waals surface area (Å²) in [4.78, 5) is 57.1. The van der Waals surface area contributed by atoms with Crippen LogP contribution in [0, 0.1) is 32.1 Å². The highest BCUT2D eigenvalue weighted by atomic mass is 16.6. The Kier molecular flexibility index (Phi) is 7.85. The lowest BCUT2D eigenvalue weighted by Crippen LogP contribution is -2.44. The highest BCUT2D eigenvalue weighted by Gasteiger charge is 2.28. The lowest BCUT2D eigenvalue weighted by molar-refractivity contribution is -0.385. The van der Waals surface area contributed by atoms with Crippen LogP contribution in [-0.4, -0.2) is 47.7 Å². The number of nitrogens with zero attached hydrogens (tertiary/aromatic N) is 7. The molecular weight excluding hydrogens is 544 g/mol. The number of imidazole rings is 1. The summed E-state index contributed by atoms with van der Waals surface area (Å²) in [5.41, 5.74) is 4.75. The second-order valence-corrected chi connectivity index (χ2v) is 9.98. The Bertz CT molecular complexity index is 1880. The lowest BCUT2D eigenvalue weighted by Gasteiger charge is -2.31. The van der Waals surface area contributed by atoms with Crippen molar-refractivity contribution in [1.82, 2.24) is 18.7 Å². The van der Waals surface area contributed by atoms with Gasteiger partial charge in [-0.2, -0.15) is 4.98 Å². The predicted molar refractivity (Wildman–Crippen MR) is 156 cm³/mol. The van der Waals surface area contributed by atoms with Crippen molar-refractivity contribution < 1.29 is 9.85 Å². The largest absolute Gasteiger partial charge is 0.341 e. The highest BCUT2D eigenvalue weighted by molar-refractivity contribution is 5.75. The third-order valence-electron chi connectivity index (χ3n) is 7.28. The van der Waals surface area contributed by atoms with Gasteiger partial charge in [-0.1, -0.05) is 42.3 Å². The first-order valence-electron chi connectivity index (χ1n) is 13.3. The van der Waals surface area contributed by atoms with Crippen LogP contribution < -0.4 is 21.9 Å². The number of anilines is 1. The van der Waals surface area contributed by atoms with Crippen LogP contribution in [0.2, 0.25) is 0 Å². The number of nitro benzene ring substituents is 2. The molecule has 42 heavy (non-hydrogen) atoms. The van der Waals surface area contributed by atoms with Gasteiger partial charge in [-0.15, -0.1) is 5.92 Å². The molecule has 1 saturated heterocycles. The summed E-state index contributed by atoms with van der Waals surface area (Å²) in [6.45, 7) is 2.18. The van der Waals surface area contributed by atoms with Crippen molar-refractivity contribution in [1.29, 1.82) is 0 Å². The quantitative estimate of drug-likeness (QED) is 0.188. The minimum Gasteiger partial charge on any atom is -0.341 e. The summed E-state index contributed by atoms with van der Waals surface area (Å²) in [6.07, 6.45) is 1.63. The standard InChI is InChI=1S/C28H28N8O6/c1-2-3-15-32-24-25(30-27(32)31-14-8-11-21(29)18-31)33(16-19-9-4-6-12-22(19)35(39)40)28(38)34(26(24)37)17-20-10-5-7-13-23(20)36(41)42/h4-7,9-10,12-13,21H,8,11,14-18,29H2,1H3/t21-/m1/s1. The van der Waals surface area contributed by atoms with Gasteiger partial charge in [0.05, 0.1) is 29.5 Å². The van der Waals surface area contributed by atoms with Gasteiger partial charge in [-0.05, 0) is 19.8 Å². The average Bonchev–Trinajstić information content (AvgIpc) is 3.36. The topological polar surface area (TPSA) is 177 Å². The van der Waals surface area contributed by atoms with Gasteiger partial charge in [0.25, 0.3) is 16.9 Å². The summed E-state index contributed by atoms with van der Waals surface area (Å²) in [5.74, 6) is 6.18. The molecule has 14 nitrogen and oxygen atoms in total. The van der Waals surface area contributed by atoms with E-state index in [1.165, 1.54) is 41.0 Å². The average molecular weight is 573 g/mol. The Morgan fingerprint density at radius 3 is 2.12 bits per heavy atom. The van der Waals surface area contributed by atoms with Crippen LogP contribution in [0.25, 0.3) is 11.2 Å². The fraction of sp³-hybridized carbons (Fsp3) is 0.321. The van der Waals surface area contributed by atoms with E-state index in [1.807, 2.05) is 4.90 Å². The van der Waals surface area contributed by atoms with Gasteiger partial charge in [-0.3, -0.25) is 38.7 Å². The molecule has 0 aliphatic carbocycles. The van der Waals surface area contributed by atoms with Crippen molar-refractivity contribution >= 4 is 28.5 Å². The van der Waals surface area contributed by atoms with Crippen LogP contribution in [0.4, 0.5) is 17.3 Å². The monoisotopic (exact) mass is 572 g/mol. The first-order chi connectivity index (χ1) is 20.2. The summed E-state index contributed by atoms with van der Waals surface area (Å²) < 4.78 is 3.73. The van der Waals surface area contributed by atoms with Gasteiger partial charge in [0.1, 0.15) is 0 Å². The third kappa shape index (κ3) is 5.25. The van der Waals surface area contributed by atoms with Crippen molar-refractivity contribution in [2.45, 2.75) is 45.4 Å². The van der Waals surface area contributed by atoms with E-state index in [2.05, 4.69) is 11.8 Å². The van der Waals surface area contributed by atoms with Gasteiger partial charge >= 0.3 is 5.69 Å². The number of nitrogens with two attached hydrogens (primary N) is 1. The molecular formula is C28H28N8O6. The number of rotatable bonds is 8. The van der Waals surface area contributed by atoms with E-state index < -0.39 is 27.6 Å². The van der Waals surface area contributed by atoms with Crippen molar-refractivity contribution in [2.24, 2.45) is 5.73 Å². The molecule has 0 unspecified atom stereocenters. The molecule has 0 saturated carbocycles. The molecule has 0 spiro atoms. The lowest BCUT2D eigenvalue weighted by atomic mass is 10.1. The van der Waals surface area contributed by atoms with Crippen LogP contribution in [0.3, 0.4) is 0 Å². The van der Waals surface area contributed by atoms with Crippen LogP contribution in [-0.2, 0) is 19.6 Å². The molecule has 1 atom stereocenters. The number of aromatic nitrogens is 4. The summed E-state index contributed by atoms with van der Waals surface area (Å²) in [7, 11) is 0. The van der Waals surface area contributed by atoms with Crippen molar-refractivity contribution in [3.63, 3.8) is 0 Å². The van der Waals surface area contributed by atoms with Gasteiger partial charge < -0.3 is 10.6 Å². The summed E-state index contributed by atoms with van der Waals surface area (Å²) >= 11 is 0. The minimum absolute atomic E-state index is 0.0361. The second-order valence-electron chi connectivity index (χ2n) is 9.98. The first kappa shape index (κ1) is 28.2. The molecule has 0 bridgehead atoms. The van der Waals surface area contributed by atoms with E-state index in [1.54, 1.807) is 23.6 Å². The molecule has 4 aromatic rings. The normalized spacial score (nSPS) is 14.9. The van der Waals surface area contributed by atoms with Crippen molar-refractivity contribution in [3.05, 3.63) is 101 Å². The minimum atomic E-state index is -0.808. The molecule has 1 aliphatic heterocycles. The number of fused-ring (bicyclic) bond motifs is 1. The van der Waals surface area contributed by atoms with E-state index in [0.717, 1.165) is 17.4 Å².